The quantitative estimate of drug-likeness (QED) is 0.0169. The lowest BCUT2D eigenvalue weighted by Crippen LogP contribution is -2.37. The van der Waals surface area contributed by atoms with Crippen molar-refractivity contribution in [2.45, 2.75) is 76.9 Å². The summed E-state index contributed by atoms with van der Waals surface area (Å²) in [6.45, 7) is 8.29. The Morgan fingerprint density at radius 1 is 0.850 bits per heavy atom. The lowest BCUT2D eigenvalue weighted by atomic mass is 9.81. The third-order valence-corrected chi connectivity index (χ3v) is 11.5. The van der Waals surface area contributed by atoms with Crippen molar-refractivity contribution in [1.82, 2.24) is 15.6 Å². The fourth-order valence-electron chi connectivity index (χ4n) is 7.13. The minimum Gasteiger partial charge on any atom is -0.465 e. The van der Waals surface area contributed by atoms with Crippen LogP contribution in [0.4, 0.5) is 5.13 Å². The molecule has 16 heteroatoms. The number of fused-ring (bicyclic) bond motifs is 1. The molecule has 322 valence electrons. The molecule has 2 amide bonds. The Labute approximate surface area is 354 Å². The van der Waals surface area contributed by atoms with Crippen LogP contribution in [-0.2, 0) is 33.4 Å². The number of anilines is 1. The average Bonchev–Trinajstić information content (AvgIpc) is 3.69. The molecule has 5 rings (SSSR count). The summed E-state index contributed by atoms with van der Waals surface area (Å²) in [6, 6.07) is 12.6. The second-order valence-electron chi connectivity index (χ2n) is 14.9. The molecule has 0 spiro atoms. The van der Waals surface area contributed by atoms with Gasteiger partial charge in [-0.1, -0.05) is 36.6 Å². The van der Waals surface area contributed by atoms with Crippen LogP contribution in [0.5, 0.6) is 11.5 Å². The highest BCUT2D eigenvalue weighted by molar-refractivity contribution is 7.22. The second kappa shape index (κ2) is 24.0. The number of carbonyl (C=O) groups is 5. The molecule has 1 heterocycles. The van der Waals surface area contributed by atoms with E-state index in [4.69, 9.17) is 18.9 Å². The average molecular weight is 846 g/mol. The number of aliphatic hydroxyl groups excluding tert-OH is 1. The number of ketones is 1. The number of thiazole rings is 1. The summed E-state index contributed by atoms with van der Waals surface area (Å²) in [5.41, 5.74) is 4.23. The Kier molecular flexibility index (Phi) is 18.2. The predicted molar refractivity (Wildman–Crippen MR) is 227 cm³/mol. The number of aliphatic hydroxyl groups is 1. The number of hydrogen-bond acceptors (Lipinski definition) is 14. The Bertz CT molecular complexity index is 1940. The van der Waals surface area contributed by atoms with Crippen molar-refractivity contribution in [1.29, 1.82) is 0 Å². The van der Waals surface area contributed by atoms with E-state index in [0.29, 0.717) is 107 Å². The smallest absolute Gasteiger partial charge is 0.330 e. The van der Waals surface area contributed by atoms with Crippen LogP contribution in [0.2, 0.25) is 0 Å². The summed E-state index contributed by atoms with van der Waals surface area (Å²) in [5.74, 6) is -1.46. The third kappa shape index (κ3) is 14.4. The first kappa shape index (κ1) is 45.6. The number of para-hydroxylation sites is 1. The Balaban J connectivity index is 1.13. The largest absolute Gasteiger partial charge is 0.465 e. The van der Waals surface area contributed by atoms with E-state index in [1.807, 2.05) is 24.3 Å². The number of benzene rings is 2. The van der Waals surface area contributed by atoms with Gasteiger partial charge in [0.05, 0.1) is 29.0 Å². The molecule has 0 bridgehead atoms. The number of nitrogens with one attached hydrogen (secondary N) is 3. The Hall–Kier alpha value is -5.45. The van der Waals surface area contributed by atoms with Gasteiger partial charge in [0.1, 0.15) is 18.1 Å². The first-order valence-corrected chi connectivity index (χ1v) is 21.4. The molecule has 2 aliphatic carbocycles. The van der Waals surface area contributed by atoms with Crippen LogP contribution in [0.25, 0.3) is 10.2 Å². The third-order valence-electron chi connectivity index (χ3n) is 10.6. The minimum absolute atomic E-state index is 0.0207. The fourth-order valence-corrected chi connectivity index (χ4v) is 7.95. The molecule has 2 saturated carbocycles. The van der Waals surface area contributed by atoms with E-state index in [-0.39, 0.29) is 60.2 Å². The molecule has 60 heavy (non-hydrogen) atoms. The predicted octanol–water partition coefficient (Wildman–Crippen LogP) is 5.86. The molecule has 15 nitrogen and oxygen atoms in total. The number of amides is 2. The van der Waals surface area contributed by atoms with E-state index in [0.717, 1.165) is 16.3 Å². The van der Waals surface area contributed by atoms with Gasteiger partial charge in [-0.15, -0.1) is 0 Å². The molecule has 0 radical (unpaired) electrons. The molecule has 2 aliphatic rings. The lowest BCUT2D eigenvalue weighted by molar-refractivity contribution is -0.141. The van der Waals surface area contributed by atoms with Gasteiger partial charge in [-0.3, -0.25) is 24.6 Å². The lowest BCUT2D eigenvalue weighted by Gasteiger charge is -2.31. The second-order valence-corrected chi connectivity index (χ2v) is 15.9. The summed E-state index contributed by atoms with van der Waals surface area (Å²) in [6.07, 6.45) is 9.13. The summed E-state index contributed by atoms with van der Waals surface area (Å²) in [7, 11) is 0. The van der Waals surface area contributed by atoms with Crippen LogP contribution in [0, 0.1) is 23.7 Å². The maximum atomic E-state index is 13.5. The van der Waals surface area contributed by atoms with Crippen LogP contribution in [0.1, 0.15) is 76.2 Å². The Morgan fingerprint density at radius 2 is 1.53 bits per heavy atom. The van der Waals surface area contributed by atoms with E-state index >= 15 is 0 Å². The highest BCUT2D eigenvalue weighted by atomic mass is 32.1. The van der Waals surface area contributed by atoms with E-state index in [1.165, 1.54) is 23.6 Å². The number of nitrogens with zero attached hydrogens (tertiary/aromatic N) is 2. The van der Waals surface area contributed by atoms with Gasteiger partial charge in [0.2, 0.25) is 16.9 Å². The molecule has 0 aliphatic heterocycles. The summed E-state index contributed by atoms with van der Waals surface area (Å²) < 4.78 is 23.2. The van der Waals surface area contributed by atoms with Crippen LogP contribution < -0.4 is 25.5 Å². The van der Waals surface area contributed by atoms with Gasteiger partial charge in [0.25, 0.3) is 0 Å². The van der Waals surface area contributed by atoms with Gasteiger partial charge in [-0.2, -0.15) is 5.10 Å². The van der Waals surface area contributed by atoms with Crippen molar-refractivity contribution in [3.8, 4) is 11.5 Å². The van der Waals surface area contributed by atoms with Crippen molar-refractivity contribution in [2.75, 3.05) is 38.3 Å². The first-order valence-electron chi connectivity index (χ1n) is 20.6. The summed E-state index contributed by atoms with van der Waals surface area (Å²) in [4.78, 5) is 65.9. The number of carbonyl (C=O) groups excluding carboxylic acids is 5. The zero-order chi connectivity index (χ0) is 42.7. The van der Waals surface area contributed by atoms with Gasteiger partial charge in [-0.05, 0) is 107 Å². The van der Waals surface area contributed by atoms with Gasteiger partial charge < -0.3 is 34.7 Å². The highest BCUT2D eigenvalue weighted by Gasteiger charge is 2.33. The molecule has 3 aromatic rings. The number of rotatable bonds is 23. The van der Waals surface area contributed by atoms with E-state index in [2.05, 4.69) is 39.3 Å². The van der Waals surface area contributed by atoms with E-state index in [9.17, 15) is 29.1 Å². The molecule has 2 aromatic carbocycles. The van der Waals surface area contributed by atoms with Crippen LogP contribution >= 0.6 is 11.3 Å². The van der Waals surface area contributed by atoms with Crippen molar-refractivity contribution in [3.63, 3.8) is 0 Å². The highest BCUT2D eigenvalue weighted by Crippen LogP contribution is 2.34. The minimum atomic E-state index is -1.12. The van der Waals surface area contributed by atoms with Gasteiger partial charge in [0, 0.05) is 49.1 Å². The van der Waals surface area contributed by atoms with Crippen LogP contribution in [0.15, 0.2) is 72.9 Å². The number of aromatic nitrogens is 1. The summed E-state index contributed by atoms with van der Waals surface area (Å²) >= 11 is 1.44. The fraction of sp³-hybridized carbons (Fsp3) is 0.477. The van der Waals surface area contributed by atoms with Crippen molar-refractivity contribution >= 4 is 62.4 Å². The summed E-state index contributed by atoms with van der Waals surface area (Å²) in [5, 5.41) is 22.0. The standard InChI is InChI=1S/C44H55N5O10S/c1-3-34(50)28-56-24-9-23-46-41(53)30-14-18-32(19-15-30)43(55)59-37-21-20-35(26-33(37)27-47-49-44-48-36-10-5-6-11-38(36)60-44)58-42(54)31-16-12-29(13-17-31)40(52)45-22-7-8-25-57-39(51)4-2/h3-6,10-11,20-21,26-27,29-32,42,54H,1-2,7-9,12-19,22-25,28H2,(H,45,52)(H,46,53)(H,48,49)/b47-27+. The van der Waals surface area contributed by atoms with E-state index < -0.39 is 18.2 Å². The topological polar surface area (TPSA) is 204 Å². The molecular formula is C44H55N5O10S. The van der Waals surface area contributed by atoms with Gasteiger partial charge in [-0.25, -0.2) is 9.78 Å². The first-order chi connectivity index (χ1) is 29.1. The van der Waals surface area contributed by atoms with Crippen LogP contribution in [-0.4, -0.2) is 85.0 Å². The molecule has 0 saturated heterocycles. The zero-order valence-electron chi connectivity index (χ0n) is 33.8. The number of hydrazone groups is 1. The molecule has 2 fully saturated rings. The van der Waals surface area contributed by atoms with Gasteiger partial charge in [0.15, 0.2) is 12.1 Å². The Morgan fingerprint density at radius 3 is 2.23 bits per heavy atom. The van der Waals surface area contributed by atoms with Crippen molar-refractivity contribution in [3.05, 3.63) is 73.3 Å². The number of esters is 2. The number of hydrogen-bond donors (Lipinski definition) is 4. The maximum absolute atomic E-state index is 13.5. The monoisotopic (exact) mass is 845 g/mol. The SMILES string of the molecule is C=CC(=O)COCCCNC(=O)C1CCC(C(=O)Oc2ccc(OC(O)C3CCC(C(=O)NCCCCOC(=O)C=C)CC3)cc2/C=N/Nc2nc3ccccc3s2)CC1. The number of unbranched alkanes of at least 4 members (excludes halogenated alkanes) is 1. The van der Waals surface area contributed by atoms with Gasteiger partial charge >= 0.3 is 11.9 Å². The molecule has 4 N–H and O–H groups in total. The maximum Gasteiger partial charge on any atom is 0.330 e. The molecule has 1 unspecified atom stereocenters. The van der Waals surface area contributed by atoms with E-state index in [1.54, 1.807) is 18.2 Å². The number of ether oxygens (including phenoxy) is 4. The molecule has 1 aromatic heterocycles. The van der Waals surface area contributed by atoms with Crippen molar-refractivity contribution in [2.24, 2.45) is 28.8 Å². The normalized spacial score (nSPS) is 19.5. The molecular weight excluding hydrogens is 791 g/mol. The van der Waals surface area contributed by atoms with Crippen LogP contribution in [0.3, 0.4) is 0 Å². The van der Waals surface area contributed by atoms with Crippen molar-refractivity contribution < 1.29 is 48.0 Å². The zero-order valence-corrected chi connectivity index (χ0v) is 34.6. The molecule has 1 atom stereocenters.